The van der Waals surface area contributed by atoms with Gasteiger partial charge in [0.2, 0.25) is 16.4 Å². The zero-order chi connectivity index (χ0) is 102. The lowest BCUT2D eigenvalue weighted by Gasteiger charge is -2.50. The minimum Gasteiger partial charge on any atom is -0.744 e. The predicted octanol–water partition coefficient (Wildman–Crippen LogP) is 16.5. The number of amides is 1. The number of rotatable bonds is 20. The maximum absolute atomic E-state index is 14.5. The van der Waals surface area contributed by atoms with E-state index in [1.807, 2.05) is 63.9 Å². The van der Waals surface area contributed by atoms with Crippen molar-refractivity contribution in [3.05, 3.63) is 276 Å². The molecule has 25 heteroatoms. The Hall–Kier alpha value is -11.6. The van der Waals surface area contributed by atoms with Crippen LogP contribution in [0.4, 0.5) is 11.4 Å². The highest BCUT2D eigenvalue weighted by Gasteiger charge is 2.49. The van der Waals surface area contributed by atoms with Crippen molar-refractivity contribution < 1.29 is 84.5 Å². The van der Waals surface area contributed by atoms with Crippen LogP contribution in [0.2, 0.25) is 0 Å². The first-order valence-corrected chi connectivity index (χ1v) is 54.7. The summed E-state index contributed by atoms with van der Waals surface area (Å²) in [5.74, 6) is -4.21. The molecule has 12 aliphatic rings. The molecule has 0 spiro atoms. The number of anilines is 2. The zero-order valence-corrected chi connectivity index (χ0v) is 87.7. The number of carbonyl (C=O) groups is 6. The number of carboxylic acids is 2. The molecule has 8 aromatic carbocycles. The van der Waals surface area contributed by atoms with E-state index in [-0.39, 0.29) is 79.4 Å². The minimum absolute atomic E-state index is 0.0114. The second-order valence-electron chi connectivity index (χ2n) is 43.5. The Kier molecular flexibility index (Phi) is 29.3. The van der Waals surface area contributed by atoms with Crippen LogP contribution in [0, 0.1) is 37.5 Å². The van der Waals surface area contributed by atoms with Crippen LogP contribution in [-0.4, -0.2) is 159 Å². The van der Waals surface area contributed by atoms with Gasteiger partial charge in [0.1, 0.15) is 80.1 Å². The van der Waals surface area contributed by atoms with Crippen molar-refractivity contribution in [3.63, 3.8) is 0 Å². The Morgan fingerprint density at radius 2 is 1.17 bits per heavy atom. The van der Waals surface area contributed by atoms with Crippen LogP contribution in [0.3, 0.4) is 0 Å². The number of hydrogen-bond acceptors (Lipinski definition) is 17. The molecule has 0 saturated carbocycles. The van der Waals surface area contributed by atoms with E-state index in [1.165, 1.54) is 182 Å². The van der Waals surface area contributed by atoms with Crippen LogP contribution in [0.1, 0.15) is 345 Å². The topological polar surface area (TPSA) is 326 Å². The third kappa shape index (κ3) is 19.5. The first kappa shape index (κ1) is 103. The number of carbonyl (C=O) groups excluding carboxylic acids is 4. The van der Waals surface area contributed by atoms with Gasteiger partial charge in [-0.3, -0.25) is 24.6 Å². The SMILES string of the molecule is CC(C)C(=O)c1ccc(C2=c3cc4c5c(c3Oc3c2cc2c6c3CCCN6CCC2)CCC[N+]=5CCC4)c(C(=O)O)c1.CC(C)OC1CC/C=C/CCC1.CCN1c2c(cc3c(c2C)C(C)(C)c2c4c5c(cc2=C3c2ccccc2C(=O)N(C)CCCC(=O)C(C)C)CCC[N+]=5CCC4)C(C)CC1(C)C.Cc1ccc2c(c1S(=O)(=O)[O-])OC1=C(S(=O)(=O)[O-])C(=[NH2+])C=CC1C2c1ccc(C(=O)C(C)C)cc1C(=O)O. The van der Waals surface area contributed by atoms with Gasteiger partial charge in [0.25, 0.3) is 5.91 Å². The van der Waals surface area contributed by atoms with E-state index < -0.39 is 76.9 Å². The Balaban J connectivity index is 0.000000140. The largest absolute Gasteiger partial charge is 0.744 e. The maximum Gasteiger partial charge on any atom is 0.336 e. The second kappa shape index (κ2) is 40.8. The molecular formula is C118H139N6O17S2+. The number of fused-ring (bicyclic) bond motifs is 10. The van der Waals surface area contributed by atoms with Crippen molar-refractivity contribution in [2.75, 3.05) is 69.2 Å². The van der Waals surface area contributed by atoms with Crippen LogP contribution in [0.25, 0.3) is 11.1 Å². The minimum atomic E-state index is -5.26. The number of aromatic carboxylic acids is 2. The normalized spacial score (nSPS) is 19.8. The van der Waals surface area contributed by atoms with E-state index >= 15 is 0 Å². The number of Topliss-reactive ketones (excluding diaryl/α,β-unsaturated/α-hetero) is 3. The van der Waals surface area contributed by atoms with Gasteiger partial charge >= 0.3 is 11.9 Å². The Labute approximate surface area is 841 Å². The van der Waals surface area contributed by atoms with Crippen LogP contribution in [-0.2, 0) is 73.7 Å². The number of carboxylic acid groups (broad SMARTS) is 2. The van der Waals surface area contributed by atoms with Gasteiger partial charge in [-0.1, -0.05) is 135 Å². The molecule has 0 aromatic heterocycles. The van der Waals surface area contributed by atoms with Crippen LogP contribution in [0.15, 0.2) is 137 Å². The summed E-state index contributed by atoms with van der Waals surface area (Å²) in [6.45, 7) is 41.5. The summed E-state index contributed by atoms with van der Waals surface area (Å²) in [4.78, 5) is 82.9. The highest BCUT2D eigenvalue weighted by Crippen LogP contribution is 2.56. The molecule has 143 heavy (non-hydrogen) atoms. The third-order valence-electron chi connectivity index (χ3n) is 31.5. The van der Waals surface area contributed by atoms with Crippen molar-refractivity contribution >= 4 is 83.7 Å². The summed E-state index contributed by atoms with van der Waals surface area (Å²) in [6.07, 6.45) is 29.4. The number of nitrogens with two attached hydrogens (primary N) is 1. The molecule has 20 rings (SSSR count). The number of nitrogens with zero attached hydrogens (tertiary/aromatic N) is 5. The van der Waals surface area contributed by atoms with Crippen molar-refractivity contribution in [2.45, 2.75) is 279 Å². The summed E-state index contributed by atoms with van der Waals surface area (Å²) in [5.41, 5.74) is 23.6. The number of ether oxygens (including phenoxy) is 3. The van der Waals surface area contributed by atoms with Crippen molar-refractivity contribution in [2.24, 2.45) is 23.7 Å². The van der Waals surface area contributed by atoms with Gasteiger partial charge in [0.15, 0.2) is 16.5 Å². The van der Waals surface area contributed by atoms with Crippen LogP contribution in [0.5, 0.6) is 17.2 Å². The first-order valence-electron chi connectivity index (χ1n) is 51.9. The molecule has 4 N–H and O–H groups in total. The Morgan fingerprint density at radius 1 is 0.587 bits per heavy atom. The summed E-state index contributed by atoms with van der Waals surface area (Å²) < 4.78 is 97.0. The van der Waals surface area contributed by atoms with E-state index in [1.54, 1.807) is 19.9 Å². The molecule has 0 fully saturated rings. The fourth-order valence-corrected chi connectivity index (χ4v) is 27.0. The number of benzene rings is 8. The molecule has 0 bridgehead atoms. The highest BCUT2D eigenvalue weighted by molar-refractivity contribution is 7.90. The van der Waals surface area contributed by atoms with E-state index in [0.29, 0.717) is 48.6 Å². The monoisotopic (exact) mass is 1980 g/mol. The Bertz CT molecular complexity index is 7260. The van der Waals surface area contributed by atoms with Gasteiger partial charge in [0, 0.05) is 184 Å². The molecule has 1 amide bonds. The summed E-state index contributed by atoms with van der Waals surface area (Å²) in [6, 6.07) is 30.0. The van der Waals surface area contributed by atoms with E-state index in [9.17, 15) is 64.9 Å². The average molecular weight is 1980 g/mol. The molecule has 0 radical (unpaired) electrons. The molecular weight excluding hydrogens is 1840 g/mol. The van der Waals surface area contributed by atoms with Gasteiger partial charge in [-0.2, -0.15) is 0 Å². The lowest BCUT2D eigenvalue weighted by Crippen LogP contribution is -2.50. The molecule has 9 heterocycles. The highest BCUT2D eigenvalue weighted by atomic mass is 32.2. The Morgan fingerprint density at radius 3 is 1.81 bits per heavy atom. The molecule has 23 nitrogen and oxygen atoms in total. The fraction of sp³-hybridized carbons (Fsp3) is 0.466. The smallest absolute Gasteiger partial charge is 0.336 e. The van der Waals surface area contributed by atoms with E-state index in [2.05, 4.69) is 130 Å². The van der Waals surface area contributed by atoms with Crippen molar-refractivity contribution in [3.8, 4) is 17.2 Å². The molecule has 0 saturated heterocycles. The number of allylic oxidation sites excluding steroid dienone is 5. The first-order chi connectivity index (χ1) is 67.9. The molecule has 4 unspecified atom stereocenters. The van der Waals surface area contributed by atoms with Crippen LogP contribution >= 0.6 is 0 Å². The maximum atomic E-state index is 14.5. The lowest BCUT2D eigenvalue weighted by atomic mass is 9.63. The summed E-state index contributed by atoms with van der Waals surface area (Å²) in [5, 5.41) is 31.6. The lowest BCUT2D eigenvalue weighted by molar-refractivity contribution is -0.122. The van der Waals surface area contributed by atoms with Gasteiger partial charge in [-0.05, 0) is 260 Å². The molecule has 3 aliphatic carbocycles. The van der Waals surface area contributed by atoms with E-state index in [0.717, 1.165) is 161 Å². The standard InChI is InChI=1S/C46H60N3O2.C36H36N2O4.C25H23NO10S2.C11H20O/c1-11-49-42-30(5)40-37(26-35(42)29(4)27-45(49,6)7)39(32-18-12-13-19-33(32)44(51)47(10)22-16-21-38(50)28(2)3)36-25-31-17-14-23-48-24-15-20-34(43(31)48)41(36)46(40,8)9;1-20(2)33(39)23-11-12-24(27(19-23)36(40)41)30-28-17-21-7-3-13-37-15-5-9-25(31(21)37)34(28)42-35-26-10-6-16-38-14-4-8-22(32(26)38)18-29(30)35;1-11(2)20(27)13-5-7-14(17(10-13)25(28)29)19-15-6-4-12(3)23(37(30,31)32)21(15)36-22-16(19)8-9-18(26)24(22)38(33,34)35;1-10(2)12-11-8-6-4-3-5-7-9-11/h12-13,18-19,25-26,28-29H,11,14-17,20-24,27H2,1-10H3;11-12,17-20H,3-10,13-16H2,1-2H3;4-11,16,19,26H,1-3H3,(H,28,29)(H,30,31,32)(H,33,34,35);3-4,10-11H,5-9H2,1-2H3/q+1;;;/b;;;4-3+. The molecule has 754 valence electrons. The zero-order valence-electron chi connectivity index (χ0n) is 86.1. The van der Waals surface area contributed by atoms with Gasteiger partial charge in [0.05, 0.1) is 28.9 Å². The quantitative estimate of drug-likeness (QED) is 0.0276. The van der Waals surface area contributed by atoms with Gasteiger partial charge in [-0.25, -0.2) is 35.6 Å². The molecule has 4 atom stereocenters. The fourth-order valence-electron chi connectivity index (χ4n) is 25.4. The summed E-state index contributed by atoms with van der Waals surface area (Å²) >= 11 is 0. The average Bonchev–Trinajstić information content (AvgIpc) is 0.684. The van der Waals surface area contributed by atoms with Crippen molar-refractivity contribution in [1.29, 1.82) is 0 Å². The predicted molar refractivity (Wildman–Crippen MR) is 556 cm³/mol. The molecule has 9 aliphatic heterocycles. The van der Waals surface area contributed by atoms with Gasteiger partial charge in [-0.15, -0.1) is 0 Å². The second-order valence-corrected chi connectivity index (χ2v) is 46.1. The van der Waals surface area contributed by atoms with Crippen molar-refractivity contribution in [1.82, 2.24) is 14.1 Å². The number of hydrogen-bond donors (Lipinski definition) is 3. The number of aryl methyl sites for hydroxylation is 4. The van der Waals surface area contributed by atoms with Gasteiger partial charge < -0.3 is 48.2 Å². The number of ketones is 3. The third-order valence-corrected chi connectivity index (χ3v) is 33.5. The van der Waals surface area contributed by atoms with E-state index in [4.69, 9.17) is 19.6 Å². The summed E-state index contributed by atoms with van der Waals surface area (Å²) in [7, 11) is -8.55. The molecule has 8 aromatic rings. The van der Waals surface area contributed by atoms with Crippen LogP contribution < -0.4 is 55.0 Å².